The molecule has 168 valence electrons. The molecule has 0 bridgehead atoms. The van der Waals surface area contributed by atoms with Gasteiger partial charge >= 0.3 is 0 Å². The lowest BCUT2D eigenvalue weighted by Gasteiger charge is -2.21. The number of guanidine groups is 1. The largest absolute Gasteiger partial charge is 0.359 e. The van der Waals surface area contributed by atoms with Crippen LogP contribution >= 0.6 is 24.0 Å². The molecule has 0 aliphatic rings. The van der Waals surface area contributed by atoms with Gasteiger partial charge in [0, 0.05) is 32.7 Å². The Morgan fingerprint density at radius 2 is 1.73 bits per heavy atom. The Kier molecular flexibility index (Phi) is 10.2. The van der Waals surface area contributed by atoms with Crippen molar-refractivity contribution in [2.45, 2.75) is 57.6 Å². The van der Waals surface area contributed by atoms with E-state index in [0.29, 0.717) is 25.0 Å². The third-order valence-electron chi connectivity index (χ3n) is 4.61. The van der Waals surface area contributed by atoms with Gasteiger partial charge in [-0.25, -0.2) is 8.42 Å². The lowest BCUT2D eigenvalue weighted by atomic mass is 10.1. The highest BCUT2D eigenvalue weighted by Crippen LogP contribution is 2.17. The SMILES string of the molecule is CN=C(NCc1ccc(S(=O)(=O)N(C)C(C)C)cc1)NCc1cc(C(C)C)no1.I. The molecule has 0 unspecified atom stereocenters. The standard InChI is InChI=1S/C20H31N5O3S.HI/c1-14(2)19-11-17(28-24-19)13-23-20(21-5)22-12-16-7-9-18(10-8-16)29(26,27)25(6)15(3)4;/h7-11,14-15H,12-13H2,1-6H3,(H2,21,22,23);1H. The fraction of sp³-hybridized carbons (Fsp3) is 0.500. The Balaban J connectivity index is 0.00000450. The van der Waals surface area contributed by atoms with Crippen molar-refractivity contribution in [2.24, 2.45) is 4.99 Å². The molecule has 0 saturated carbocycles. The van der Waals surface area contributed by atoms with E-state index in [9.17, 15) is 8.42 Å². The van der Waals surface area contributed by atoms with Crippen LogP contribution < -0.4 is 10.6 Å². The first-order valence-corrected chi connectivity index (χ1v) is 11.1. The van der Waals surface area contributed by atoms with Crippen molar-refractivity contribution in [2.75, 3.05) is 14.1 Å². The van der Waals surface area contributed by atoms with Gasteiger partial charge in [-0.1, -0.05) is 31.1 Å². The first kappa shape index (κ1) is 26.4. The summed E-state index contributed by atoms with van der Waals surface area (Å²) in [7, 11) is -0.200. The number of benzene rings is 1. The van der Waals surface area contributed by atoms with Crippen LogP contribution in [-0.4, -0.2) is 44.0 Å². The lowest BCUT2D eigenvalue weighted by Crippen LogP contribution is -2.36. The minimum absolute atomic E-state index is 0. The molecule has 8 nitrogen and oxygen atoms in total. The molecule has 2 N–H and O–H groups in total. The van der Waals surface area contributed by atoms with Crippen LogP contribution in [0.15, 0.2) is 44.7 Å². The molecule has 1 aromatic heterocycles. The third-order valence-corrected chi connectivity index (χ3v) is 6.66. The molecule has 0 saturated heterocycles. The molecule has 1 aromatic carbocycles. The van der Waals surface area contributed by atoms with Gasteiger partial charge in [0.05, 0.1) is 17.1 Å². The van der Waals surface area contributed by atoms with Crippen LogP contribution in [0.5, 0.6) is 0 Å². The topological polar surface area (TPSA) is 99.8 Å². The fourth-order valence-electron chi connectivity index (χ4n) is 2.48. The molecule has 0 amide bonds. The first-order chi connectivity index (χ1) is 13.6. The molecular formula is C20H32IN5O3S. The van der Waals surface area contributed by atoms with Crippen LogP contribution in [0.1, 0.15) is 50.6 Å². The van der Waals surface area contributed by atoms with Crippen molar-refractivity contribution in [3.63, 3.8) is 0 Å². The van der Waals surface area contributed by atoms with Crippen molar-refractivity contribution in [3.05, 3.63) is 47.3 Å². The van der Waals surface area contributed by atoms with E-state index in [2.05, 4.69) is 34.6 Å². The van der Waals surface area contributed by atoms with Crippen LogP contribution in [0.2, 0.25) is 0 Å². The molecule has 2 aromatic rings. The van der Waals surface area contributed by atoms with E-state index in [-0.39, 0.29) is 34.9 Å². The number of rotatable bonds is 8. The zero-order valence-electron chi connectivity index (χ0n) is 18.3. The second-order valence-electron chi connectivity index (χ2n) is 7.41. The molecule has 0 aliphatic heterocycles. The number of nitrogens with one attached hydrogen (secondary N) is 2. The summed E-state index contributed by atoms with van der Waals surface area (Å²) in [5.41, 5.74) is 1.86. The Morgan fingerprint density at radius 3 is 2.23 bits per heavy atom. The summed E-state index contributed by atoms with van der Waals surface area (Å²) in [5, 5.41) is 10.4. The van der Waals surface area contributed by atoms with Gasteiger partial charge in [-0.3, -0.25) is 4.99 Å². The van der Waals surface area contributed by atoms with Crippen molar-refractivity contribution in [1.82, 2.24) is 20.1 Å². The number of hydrogen-bond acceptors (Lipinski definition) is 5. The monoisotopic (exact) mass is 549 g/mol. The average molecular weight is 549 g/mol. The number of hydrogen-bond donors (Lipinski definition) is 2. The molecule has 0 atom stereocenters. The summed E-state index contributed by atoms with van der Waals surface area (Å²) in [4.78, 5) is 4.47. The minimum Gasteiger partial charge on any atom is -0.359 e. The van der Waals surface area contributed by atoms with Gasteiger partial charge in [0.2, 0.25) is 10.0 Å². The van der Waals surface area contributed by atoms with Crippen LogP contribution in [-0.2, 0) is 23.1 Å². The van der Waals surface area contributed by atoms with Crippen LogP contribution in [0.3, 0.4) is 0 Å². The lowest BCUT2D eigenvalue weighted by molar-refractivity contribution is 0.372. The van der Waals surface area contributed by atoms with Crippen molar-refractivity contribution >= 4 is 40.0 Å². The third kappa shape index (κ3) is 6.95. The van der Waals surface area contributed by atoms with E-state index >= 15 is 0 Å². The highest BCUT2D eigenvalue weighted by atomic mass is 127. The van der Waals surface area contributed by atoms with E-state index in [4.69, 9.17) is 4.52 Å². The van der Waals surface area contributed by atoms with Gasteiger partial charge in [0.15, 0.2) is 11.7 Å². The Bertz CT molecular complexity index is 924. The summed E-state index contributed by atoms with van der Waals surface area (Å²) < 4.78 is 31.7. The summed E-state index contributed by atoms with van der Waals surface area (Å²) >= 11 is 0. The zero-order valence-corrected chi connectivity index (χ0v) is 21.5. The quantitative estimate of drug-likeness (QED) is 0.298. The Hall–Kier alpha value is -1.66. The molecule has 0 fully saturated rings. The maximum Gasteiger partial charge on any atom is 0.243 e. The van der Waals surface area contributed by atoms with Gasteiger partial charge < -0.3 is 15.2 Å². The summed E-state index contributed by atoms with van der Waals surface area (Å²) in [5.74, 6) is 1.67. The molecule has 10 heteroatoms. The predicted molar refractivity (Wildman–Crippen MR) is 130 cm³/mol. The van der Waals surface area contributed by atoms with Crippen molar-refractivity contribution < 1.29 is 12.9 Å². The van der Waals surface area contributed by atoms with Crippen LogP contribution in [0.25, 0.3) is 0 Å². The number of halogens is 1. The second-order valence-corrected chi connectivity index (χ2v) is 9.41. The van der Waals surface area contributed by atoms with E-state index in [1.54, 1.807) is 38.4 Å². The summed E-state index contributed by atoms with van der Waals surface area (Å²) in [6.45, 7) is 8.79. The number of sulfonamides is 1. The highest BCUT2D eigenvalue weighted by Gasteiger charge is 2.22. The molecule has 2 rings (SSSR count). The van der Waals surface area contributed by atoms with Gasteiger partial charge in [0.25, 0.3) is 0 Å². The number of nitrogens with zero attached hydrogens (tertiary/aromatic N) is 3. The minimum atomic E-state index is -3.47. The molecule has 30 heavy (non-hydrogen) atoms. The van der Waals surface area contributed by atoms with Crippen molar-refractivity contribution in [3.8, 4) is 0 Å². The predicted octanol–water partition coefficient (Wildman–Crippen LogP) is 3.31. The smallest absolute Gasteiger partial charge is 0.243 e. The summed E-state index contributed by atoms with van der Waals surface area (Å²) in [6, 6.07) is 8.68. The van der Waals surface area contributed by atoms with Gasteiger partial charge in [-0.15, -0.1) is 24.0 Å². The average Bonchev–Trinajstić information content (AvgIpc) is 3.17. The Morgan fingerprint density at radius 1 is 1.13 bits per heavy atom. The molecule has 1 heterocycles. The van der Waals surface area contributed by atoms with Crippen LogP contribution in [0, 0.1) is 0 Å². The normalized spacial score (nSPS) is 12.4. The maximum atomic E-state index is 12.5. The zero-order chi connectivity index (χ0) is 21.6. The molecule has 0 spiro atoms. The highest BCUT2D eigenvalue weighted by molar-refractivity contribution is 14.0. The first-order valence-electron chi connectivity index (χ1n) is 9.62. The van der Waals surface area contributed by atoms with Crippen LogP contribution in [0.4, 0.5) is 0 Å². The number of aromatic nitrogens is 1. The van der Waals surface area contributed by atoms with E-state index in [1.165, 1.54) is 4.31 Å². The second kappa shape index (κ2) is 11.7. The Labute approximate surface area is 196 Å². The van der Waals surface area contributed by atoms with E-state index in [0.717, 1.165) is 17.0 Å². The van der Waals surface area contributed by atoms with Gasteiger partial charge in [0.1, 0.15) is 0 Å². The van der Waals surface area contributed by atoms with Crippen molar-refractivity contribution in [1.29, 1.82) is 0 Å². The van der Waals surface area contributed by atoms with E-state index in [1.807, 2.05) is 19.9 Å². The van der Waals surface area contributed by atoms with E-state index < -0.39 is 10.0 Å². The molecule has 0 radical (unpaired) electrons. The van der Waals surface area contributed by atoms with Gasteiger partial charge in [-0.2, -0.15) is 4.31 Å². The number of aliphatic imine (C=N–C) groups is 1. The van der Waals surface area contributed by atoms with Gasteiger partial charge in [-0.05, 0) is 37.5 Å². The fourth-order valence-corrected chi connectivity index (χ4v) is 3.85. The molecular weight excluding hydrogens is 517 g/mol. The maximum absolute atomic E-state index is 12.5. The summed E-state index contributed by atoms with van der Waals surface area (Å²) in [6.07, 6.45) is 0. The molecule has 0 aliphatic carbocycles.